The van der Waals surface area contributed by atoms with Gasteiger partial charge in [0, 0.05) is 12.1 Å². The van der Waals surface area contributed by atoms with Crippen LogP contribution in [0.15, 0.2) is 24.3 Å². The Kier molecular flexibility index (Phi) is 2.80. The van der Waals surface area contributed by atoms with E-state index < -0.39 is 0 Å². The molecule has 0 saturated carbocycles. The highest BCUT2D eigenvalue weighted by Gasteiger charge is 2.30. The number of fused-ring (bicyclic) bond motifs is 1. The fraction of sp³-hybridized carbons (Fsp3) is 0.500. The summed E-state index contributed by atoms with van der Waals surface area (Å²) in [6.07, 6.45) is 0.988. The number of rotatable bonds is 2. The monoisotopic (exact) mass is 209 g/mol. The van der Waals surface area contributed by atoms with Crippen LogP contribution in [0.4, 0.5) is 0 Å². The molecule has 1 nitrogen and oxygen atoms in total. The third-order valence-corrected chi connectivity index (χ3v) is 3.09. The molecule has 0 aromatic heterocycles. The van der Waals surface area contributed by atoms with E-state index in [1.54, 1.807) is 0 Å². The van der Waals surface area contributed by atoms with Gasteiger partial charge in [-0.05, 0) is 17.5 Å². The van der Waals surface area contributed by atoms with E-state index in [0.29, 0.717) is 12.1 Å². The first-order valence-corrected chi connectivity index (χ1v) is 5.60. The lowest BCUT2D eigenvalue weighted by Crippen LogP contribution is -2.31. The van der Waals surface area contributed by atoms with Crippen LogP contribution in [0.5, 0.6) is 0 Å². The van der Waals surface area contributed by atoms with Crippen molar-refractivity contribution in [3.05, 3.63) is 35.4 Å². The molecule has 14 heavy (non-hydrogen) atoms. The van der Waals surface area contributed by atoms with Crippen LogP contribution in [0.3, 0.4) is 0 Å². The molecule has 1 N–H and O–H groups in total. The van der Waals surface area contributed by atoms with E-state index in [-0.39, 0.29) is 5.38 Å². The molecule has 0 saturated heterocycles. The zero-order valence-corrected chi connectivity index (χ0v) is 9.38. The number of halogens is 1. The van der Waals surface area contributed by atoms with E-state index in [1.165, 1.54) is 11.1 Å². The van der Waals surface area contributed by atoms with Crippen molar-refractivity contribution < 1.29 is 0 Å². The van der Waals surface area contributed by atoms with Crippen molar-refractivity contribution >= 4 is 11.6 Å². The number of hydrogen-bond donors (Lipinski definition) is 1. The summed E-state index contributed by atoms with van der Waals surface area (Å²) in [6.45, 7) is 4.31. The van der Waals surface area contributed by atoms with E-state index in [4.69, 9.17) is 11.6 Å². The summed E-state index contributed by atoms with van der Waals surface area (Å²) in [6, 6.07) is 9.33. The highest BCUT2D eigenvalue weighted by Crippen LogP contribution is 2.34. The molecule has 0 bridgehead atoms. The minimum absolute atomic E-state index is 0.204. The third kappa shape index (κ3) is 1.79. The Morgan fingerprint density at radius 3 is 2.79 bits per heavy atom. The van der Waals surface area contributed by atoms with Gasteiger partial charge >= 0.3 is 0 Å². The molecule has 0 radical (unpaired) electrons. The second-order valence-corrected chi connectivity index (χ2v) is 4.78. The van der Waals surface area contributed by atoms with Gasteiger partial charge in [-0.25, -0.2) is 0 Å². The summed E-state index contributed by atoms with van der Waals surface area (Å²) in [5.74, 6) is 0. The highest BCUT2D eigenvalue weighted by atomic mass is 35.5. The number of benzene rings is 1. The molecule has 1 aromatic rings. The van der Waals surface area contributed by atoms with Gasteiger partial charge in [0.2, 0.25) is 0 Å². The van der Waals surface area contributed by atoms with Crippen molar-refractivity contribution in [3.63, 3.8) is 0 Å². The molecule has 2 heteroatoms. The van der Waals surface area contributed by atoms with Gasteiger partial charge in [-0.15, -0.1) is 11.6 Å². The zero-order chi connectivity index (χ0) is 10.1. The van der Waals surface area contributed by atoms with Crippen LogP contribution in [-0.4, -0.2) is 11.4 Å². The fourth-order valence-electron chi connectivity index (χ4n) is 2.10. The zero-order valence-electron chi connectivity index (χ0n) is 8.63. The van der Waals surface area contributed by atoms with Crippen LogP contribution in [-0.2, 0) is 6.42 Å². The standard InChI is InChI=1S/C12H16ClN/c1-8(2)14-12-10-6-4-3-5-9(10)7-11(12)13/h3-6,8,11-12,14H,7H2,1-2H3. The summed E-state index contributed by atoms with van der Waals surface area (Å²) in [5.41, 5.74) is 2.77. The molecule has 0 amide bonds. The first-order valence-electron chi connectivity index (χ1n) is 5.16. The summed E-state index contributed by atoms with van der Waals surface area (Å²) in [7, 11) is 0. The molecule has 2 unspecified atom stereocenters. The second-order valence-electron chi connectivity index (χ2n) is 4.22. The van der Waals surface area contributed by atoms with Gasteiger partial charge in [0.15, 0.2) is 0 Å². The molecule has 1 aromatic carbocycles. The Morgan fingerprint density at radius 1 is 1.36 bits per heavy atom. The largest absolute Gasteiger partial charge is 0.306 e. The quantitative estimate of drug-likeness (QED) is 0.739. The molecule has 1 aliphatic rings. The second kappa shape index (κ2) is 3.92. The lowest BCUT2D eigenvalue weighted by molar-refractivity contribution is 0.479. The maximum absolute atomic E-state index is 6.33. The Hall–Kier alpha value is -0.530. The molecule has 1 aliphatic carbocycles. The van der Waals surface area contributed by atoms with Crippen molar-refractivity contribution in [1.82, 2.24) is 5.32 Å². The van der Waals surface area contributed by atoms with Crippen LogP contribution in [0.25, 0.3) is 0 Å². The highest BCUT2D eigenvalue weighted by molar-refractivity contribution is 6.21. The normalized spacial score (nSPS) is 25.4. The summed E-state index contributed by atoms with van der Waals surface area (Å²) in [4.78, 5) is 0. The summed E-state index contributed by atoms with van der Waals surface area (Å²) < 4.78 is 0. The molecular weight excluding hydrogens is 194 g/mol. The first kappa shape index (κ1) is 10.0. The summed E-state index contributed by atoms with van der Waals surface area (Å²) in [5, 5.41) is 3.72. The van der Waals surface area contributed by atoms with Crippen LogP contribution < -0.4 is 5.32 Å². The number of alkyl halides is 1. The van der Waals surface area contributed by atoms with Crippen molar-refractivity contribution in [2.75, 3.05) is 0 Å². The third-order valence-electron chi connectivity index (χ3n) is 2.68. The van der Waals surface area contributed by atoms with Gasteiger partial charge in [-0.1, -0.05) is 38.1 Å². The number of hydrogen-bond acceptors (Lipinski definition) is 1. The van der Waals surface area contributed by atoms with Crippen LogP contribution in [0.1, 0.15) is 31.0 Å². The fourth-order valence-corrected chi connectivity index (χ4v) is 2.47. The Bertz CT molecular complexity index is 322. The lowest BCUT2D eigenvalue weighted by atomic mass is 10.1. The van der Waals surface area contributed by atoms with Crippen molar-refractivity contribution in [2.45, 2.75) is 37.7 Å². The van der Waals surface area contributed by atoms with E-state index >= 15 is 0 Å². The van der Waals surface area contributed by atoms with Crippen molar-refractivity contribution in [1.29, 1.82) is 0 Å². The average Bonchev–Trinajstić information content (AvgIpc) is 2.43. The van der Waals surface area contributed by atoms with Gasteiger partial charge in [0.05, 0.1) is 5.38 Å². The van der Waals surface area contributed by atoms with E-state index in [1.807, 2.05) is 0 Å². The van der Waals surface area contributed by atoms with Gasteiger partial charge < -0.3 is 5.32 Å². The Labute approximate surface area is 90.5 Å². The summed E-state index contributed by atoms with van der Waals surface area (Å²) >= 11 is 6.33. The minimum Gasteiger partial charge on any atom is -0.306 e. The van der Waals surface area contributed by atoms with E-state index in [0.717, 1.165) is 6.42 Å². The predicted molar refractivity (Wildman–Crippen MR) is 60.8 cm³/mol. The van der Waals surface area contributed by atoms with Gasteiger partial charge in [0.25, 0.3) is 0 Å². The molecular formula is C12H16ClN. The Morgan fingerprint density at radius 2 is 2.07 bits per heavy atom. The predicted octanol–water partition coefficient (Wildman–Crippen LogP) is 2.89. The molecule has 2 rings (SSSR count). The molecule has 0 aliphatic heterocycles. The van der Waals surface area contributed by atoms with Crippen LogP contribution in [0.2, 0.25) is 0 Å². The van der Waals surface area contributed by atoms with Gasteiger partial charge in [-0.3, -0.25) is 0 Å². The average molecular weight is 210 g/mol. The smallest absolute Gasteiger partial charge is 0.0571 e. The van der Waals surface area contributed by atoms with Crippen LogP contribution in [0, 0.1) is 0 Å². The molecule has 2 atom stereocenters. The Balaban J connectivity index is 2.25. The molecule has 76 valence electrons. The SMILES string of the molecule is CC(C)NC1c2ccccc2CC1Cl. The minimum atomic E-state index is 0.204. The van der Waals surface area contributed by atoms with Gasteiger partial charge in [-0.2, -0.15) is 0 Å². The van der Waals surface area contributed by atoms with E-state index in [2.05, 4.69) is 43.4 Å². The molecule has 0 heterocycles. The lowest BCUT2D eigenvalue weighted by Gasteiger charge is -2.20. The van der Waals surface area contributed by atoms with Crippen molar-refractivity contribution in [2.24, 2.45) is 0 Å². The van der Waals surface area contributed by atoms with E-state index in [9.17, 15) is 0 Å². The number of nitrogens with one attached hydrogen (secondary N) is 1. The molecule has 0 spiro atoms. The van der Waals surface area contributed by atoms with Crippen molar-refractivity contribution in [3.8, 4) is 0 Å². The van der Waals surface area contributed by atoms with Crippen LogP contribution >= 0.6 is 11.6 Å². The maximum atomic E-state index is 6.33. The van der Waals surface area contributed by atoms with Gasteiger partial charge in [0.1, 0.15) is 0 Å². The maximum Gasteiger partial charge on any atom is 0.0571 e. The molecule has 0 fully saturated rings. The topological polar surface area (TPSA) is 12.0 Å². The first-order chi connectivity index (χ1) is 6.68.